The Labute approximate surface area is 512 Å². The van der Waals surface area contributed by atoms with Crippen molar-refractivity contribution in [3.8, 4) is 17.2 Å². The smallest absolute Gasteiger partial charge is 0.265 e. The van der Waals surface area contributed by atoms with Crippen LogP contribution in [0.4, 0.5) is 45.8 Å². The average molecular weight is 1260 g/mol. The number of hydrogen-bond donors (Lipinski definition) is 8. The fourth-order valence-corrected chi connectivity index (χ4v) is 11.9. The summed E-state index contributed by atoms with van der Waals surface area (Å²) >= 11 is 2.44. The number of rotatable bonds is 18. The first kappa shape index (κ1) is 63.7. The Kier molecular flexibility index (Phi) is 19.1. The minimum atomic E-state index is -3.62. The molecule has 21 nitrogen and oxygen atoms in total. The number of aromatic nitrogens is 2. The zero-order chi connectivity index (χ0) is 63.2. The lowest BCUT2D eigenvalue weighted by Crippen LogP contribution is -2.18. The SMILES string of the molecule is COc1c(NC(=O)c2cc3cccc(NC(=O)c4ccc(N)nc4)c3s2)cc(C(C)(C)C)cc1NS(C)(=O)=O.COc1ccc(CNc2ccc(C(=O)Nc3cccc4cc(C(=O)Nc5cc(C(C)(C)C)cc(NS(C)(=O)=O)c5OC)sc34)cn2)cc1. The molecule has 0 aliphatic heterocycles. The molecule has 4 aromatic heterocycles. The van der Waals surface area contributed by atoms with Crippen molar-refractivity contribution in [2.75, 3.05) is 75.6 Å². The topological polar surface area (TPSA) is 300 Å². The van der Waals surface area contributed by atoms with Crippen LogP contribution in [-0.4, -0.2) is 84.3 Å². The molecule has 4 heterocycles. The number of carbonyl (C=O) groups is 4. The lowest BCUT2D eigenvalue weighted by Gasteiger charge is -2.23. The third kappa shape index (κ3) is 16.4. The molecule has 25 heteroatoms. The van der Waals surface area contributed by atoms with Crippen LogP contribution in [0.15, 0.2) is 134 Å². The summed E-state index contributed by atoms with van der Waals surface area (Å²) in [5.74, 6) is 0.575. The largest absolute Gasteiger partial charge is 0.497 e. The molecule has 0 atom stereocenters. The number of nitrogens with one attached hydrogen (secondary N) is 7. The lowest BCUT2D eigenvalue weighted by molar-refractivity contribution is 0.101. The number of ether oxygens (including phenoxy) is 3. The average Bonchev–Trinajstić information content (AvgIpc) is 3.85. The third-order valence-electron chi connectivity index (χ3n) is 13.1. The van der Waals surface area contributed by atoms with E-state index in [1.165, 1.54) is 49.3 Å². The number of nitrogens with two attached hydrogens (primary N) is 1. The molecule has 5 aromatic carbocycles. The number of benzene rings is 5. The van der Waals surface area contributed by atoms with Crippen molar-refractivity contribution in [3.63, 3.8) is 0 Å². The maximum absolute atomic E-state index is 13.6. The minimum Gasteiger partial charge on any atom is -0.497 e. The molecule has 0 saturated carbocycles. The predicted molar refractivity (Wildman–Crippen MR) is 349 cm³/mol. The van der Waals surface area contributed by atoms with E-state index < -0.39 is 31.9 Å². The molecule has 0 aliphatic rings. The number of carbonyl (C=O) groups excluding carboxylic acids is 4. The molecule has 4 amide bonds. The second-order valence-corrected chi connectivity index (χ2v) is 27.7. The Hall–Kier alpha value is -9.30. The molecule has 9 N–H and O–H groups in total. The fourth-order valence-electron chi connectivity index (χ4n) is 8.71. The van der Waals surface area contributed by atoms with E-state index in [-0.39, 0.29) is 45.5 Å². The monoisotopic (exact) mass is 1250 g/mol. The van der Waals surface area contributed by atoms with Gasteiger partial charge in [0.2, 0.25) is 20.0 Å². The Morgan fingerprint density at radius 1 is 0.506 bits per heavy atom. The van der Waals surface area contributed by atoms with E-state index in [4.69, 9.17) is 19.9 Å². The Bertz CT molecular complexity index is 4290. The normalized spacial score (nSPS) is 11.6. The van der Waals surface area contributed by atoms with Crippen LogP contribution in [0, 0.1) is 0 Å². The standard InChI is InChI=1S/C35H37N5O6S2.C27H29N5O5S2/c1-35(2,3)24-17-27(31(46-5)28(18-24)40-48(6,43)44)39-34(42)29-16-22-8-7-9-26(32(22)47-29)38-33(41)23-12-15-30(37-20-23)36-19-21-10-13-25(45-4)14-11-21;1-27(2,3)17-12-19(23(37-4)20(13-17)32-39(5,35)36)31-26(34)21-11-15-7-6-8-18(24(15)38-21)30-25(33)16-9-10-22(28)29-14-16/h7-18,20,40H,19H2,1-6H3,(H,36,37)(H,38,41)(H,39,42);6-14,32H,1-5H3,(H2,28,29)(H,30,33)(H,31,34). The van der Waals surface area contributed by atoms with Gasteiger partial charge in [-0.3, -0.25) is 28.6 Å². The van der Waals surface area contributed by atoms with Crippen molar-refractivity contribution >= 4 is 132 Å². The van der Waals surface area contributed by atoms with Crippen molar-refractivity contribution in [1.29, 1.82) is 0 Å². The van der Waals surface area contributed by atoms with Gasteiger partial charge in [0.25, 0.3) is 23.6 Å². The summed E-state index contributed by atoms with van der Waals surface area (Å²) in [4.78, 5) is 62.0. The van der Waals surface area contributed by atoms with Crippen molar-refractivity contribution < 1.29 is 50.2 Å². The van der Waals surface area contributed by atoms with E-state index in [0.717, 1.165) is 50.4 Å². The van der Waals surface area contributed by atoms with Crippen LogP contribution in [0.2, 0.25) is 0 Å². The van der Waals surface area contributed by atoms with Crippen LogP contribution in [0.25, 0.3) is 20.2 Å². The van der Waals surface area contributed by atoms with Gasteiger partial charge in [-0.05, 0) is 123 Å². The second-order valence-electron chi connectivity index (χ2n) is 22.0. The zero-order valence-electron chi connectivity index (χ0n) is 49.5. The van der Waals surface area contributed by atoms with Crippen molar-refractivity contribution in [2.45, 2.75) is 58.9 Å². The van der Waals surface area contributed by atoms with E-state index in [9.17, 15) is 36.0 Å². The van der Waals surface area contributed by atoms with E-state index in [1.807, 2.05) is 77.9 Å². The van der Waals surface area contributed by atoms with Gasteiger partial charge in [0.1, 0.15) is 17.4 Å². The molecule has 0 unspecified atom stereocenters. The molecular formula is C62H66N10O11S4. The predicted octanol–water partition coefficient (Wildman–Crippen LogP) is 12.2. The van der Waals surface area contributed by atoms with Gasteiger partial charge in [-0.2, -0.15) is 0 Å². The van der Waals surface area contributed by atoms with Gasteiger partial charge >= 0.3 is 0 Å². The number of hydrogen-bond acceptors (Lipinski definition) is 17. The van der Waals surface area contributed by atoms with Gasteiger partial charge in [-0.25, -0.2) is 26.8 Å². The summed E-state index contributed by atoms with van der Waals surface area (Å²) in [5.41, 5.74) is 10.5. The first-order valence-corrected chi connectivity index (χ1v) is 32.2. The van der Waals surface area contributed by atoms with Crippen LogP contribution in [0.1, 0.15) is 98.3 Å². The van der Waals surface area contributed by atoms with Crippen LogP contribution in [-0.2, 0) is 37.4 Å². The number of nitrogen functional groups attached to an aromatic ring is 1. The van der Waals surface area contributed by atoms with Gasteiger partial charge in [0, 0.05) is 18.9 Å². The lowest BCUT2D eigenvalue weighted by atomic mass is 9.86. The maximum atomic E-state index is 13.6. The van der Waals surface area contributed by atoms with Crippen molar-refractivity contribution in [1.82, 2.24) is 9.97 Å². The number of nitrogens with zero attached hydrogens (tertiary/aromatic N) is 2. The molecule has 9 aromatic rings. The summed E-state index contributed by atoms with van der Waals surface area (Å²) in [7, 11) is -2.80. The minimum absolute atomic E-state index is 0.186. The zero-order valence-corrected chi connectivity index (χ0v) is 52.8. The number of pyridine rings is 2. The highest BCUT2D eigenvalue weighted by atomic mass is 32.2. The summed E-state index contributed by atoms with van der Waals surface area (Å²) in [6.07, 6.45) is 5.00. The third-order valence-corrected chi connectivity index (χ3v) is 16.7. The maximum Gasteiger partial charge on any atom is 0.265 e. The van der Waals surface area contributed by atoms with Gasteiger partial charge in [-0.15, -0.1) is 22.7 Å². The summed E-state index contributed by atoms with van der Waals surface area (Å²) in [6.45, 7) is 12.5. The Morgan fingerprint density at radius 2 is 0.931 bits per heavy atom. The van der Waals surface area contributed by atoms with Crippen LogP contribution >= 0.6 is 22.7 Å². The summed E-state index contributed by atoms with van der Waals surface area (Å²) in [6, 6.07) is 35.5. The highest BCUT2D eigenvalue weighted by Crippen LogP contribution is 2.42. The molecule has 454 valence electrons. The van der Waals surface area contributed by atoms with Gasteiger partial charge in [0.15, 0.2) is 11.5 Å². The van der Waals surface area contributed by atoms with Crippen LogP contribution < -0.4 is 56.0 Å². The van der Waals surface area contributed by atoms with E-state index in [1.54, 1.807) is 92.0 Å². The number of amides is 4. The number of anilines is 8. The highest BCUT2D eigenvalue weighted by molar-refractivity contribution is 7.92. The number of thiophene rings is 2. The Balaban J connectivity index is 0.000000231. The molecule has 0 aliphatic carbocycles. The molecule has 0 fully saturated rings. The van der Waals surface area contributed by atoms with Crippen LogP contribution in [0.5, 0.6) is 17.2 Å². The van der Waals surface area contributed by atoms with Gasteiger partial charge < -0.3 is 46.5 Å². The van der Waals surface area contributed by atoms with Gasteiger partial charge in [-0.1, -0.05) is 77.9 Å². The van der Waals surface area contributed by atoms with Gasteiger partial charge in [0.05, 0.1) is 98.2 Å². The number of methoxy groups -OCH3 is 3. The molecule has 0 saturated heterocycles. The van der Waals surface area contributed by atoms with Crippen LogP contribution in [0.3, 0.4) is 0 Å². The highest BCUT2D eigenvalue weighted by Gasteiger charge is 2.26. The van der Waals surface area contributed by atoms with E-state index in [0.29, 0.717) is 66.5 Å². The van der Waals surface area contributed by atoms with E-state index in [2.05, 4.69) is 46.0 Å². The number of fused-ring (bicyclic) bond motifs is 2. The fraction of sp³-hybridized carbons (Fsp3) is 0.226. The first-order chi connectivity index (χ1) is 41.0. The second kappa shape index (κ2) is 26.1. The molecule has 9 rings (SSSR count). The first-order valence-electron chi connectivity index (χ1n) is 26.7. The number of sulfonamides is 2. The summed E-state index contributed by atoms with van der Waals surface area (Å²) < 4.78 is 70.9. The molecule has 0 bridgehead atoms. The molecular weight excluding hydrogens is 1190 g/mol. The van der Waals surface area contributed by atoms with Crippen molar-refractivity contribution in [3.05, 3.63) is 171 Å². The Morgan fingerprint density at radius 3 is 1.31 bits per heavy atom. The molecule has 87 heavy (non-hydrogen) atoms. The van der Waals surface area contributed by atoms with E-state index >= 15 is 0 Å². The van der Waals surface area contributed by atoms with Crippen molar-refractivity contribution in [2.24, 2.45) is 0 Å². The molecule has 0 spiro atoms. The molecule has 0 radical (unpaired) electrons. The quantitative estimate of drug-likeness (QED) is 0.0396. The summed E-state index contributed by atoms with van der Waals surface area (Å²) in [5, 5.41) is 16.4.